The molecule has 0 atom stereocenters. The van der Waals surface area contributed by atoms with Gasteiger partial charge in [0.15, 0.2) is 0 Å². The second kappa shape index (κ2) is 8.30. The van der Waals surface area contributed by atoms with Crippen LogP contribution in [0.3, 0.4) is 0 Å². The fraction of sp³-hybridized carbons (Fsp3) is 0.154. The third kappa shape index (κ3) is 4.12. The minimum Gasteiger partial charge on any atom is -0.369 e. The maximum atomic E-state index is 13.5. The Morgan fingerprint density at radius 3 is 2.66 bits per heavy atom. The minimum atomic E-state index is -0.363. The van der Waals surface area contributed by atoms with E-state index in [1.54, 1.807) is 6.20 Å². The quantitative estimate of drug-likeness (QED) is 0.443. The number of halogens is 1. The molecule has 0 fully saturated rings. The molecule has 6 heteroatoms. The summed E-state index contributed by atoms with van der Waals surface area (Å²) in [6, 6.07) is 9.68. The molecule has 1 aliphatic heterocycles. The van der Waals surface area contributed by atoms with E-state index in [1.807, 2.05) is 37.6 Å². The highest BCUT2D eigenvalue weighted by atomic mass is 19.1. The molecule has 0 unspecified atom stereocenters. The molecule has 0 radical (unpaired) electrons. The monoisotopic (exact) mass is 423 g/mol. The van der Waals surface area contributed by atoms with Crippen molar-refractivity contribution in [2.45, 2.75) is 26.9 Å². The molecule has 5 nitrogen and oxygen atoms in total. The first-order valence-corrected chi connectivity index (χ1v) is 10.5. The lowest BCUT2D eigenvalue weighted by molar-refractivity contribution is 0.358. The van der Waals surface area contributed by atoms with Crippen LogP contribution in [-0.4, -0.2) is 24.8 Å². The molecule has 0 N–H and O–H groups in total. The van der Waals surface area contributed by atoms with Crippen LogP contribution in [-0.2, 0) is 13.1 Å². The van der Waals surface area contributed by atoms with E-state index in [2.05, 4.69) is 51.2 Å². The second-order valence-electron chi connectivity index (χ2n) is 8.08. The first-order valence-electron chi connectivity index (χ1n) is 10.5. The summed E-state index contributed by atoms with van der Waals surface area (Å²) < 4.78 is 13.5. The molecule has 0 aliphatic carbocycles. The fourth-order valence-corrected chi connectivity index (χ4v) is 4.01. The molecule has 4 aromatic rings. The molecule has 0 saturated heterocycles. The SMILES string of the molecule is Cc1cc(-c2ncc(CN3C=Cc4cc(-c5cncc(F)c5)ncc4C3)cc2C)ccn1. The minimum absolute atomic E-state index is 0.363. The Bertz CT molecular complexity index is 1330. The topological polar surface area (TPSA) is 54.8 Å². The predicted octanol–water partition coefficient (Wildman–Crippen LogP) is 5.34. The van der Waals surface area contributed by atoms with Crippen molar-refractivity contribution < 1.29 is 4.39 Å². The number of hydrogen-bond acceptors (Lipinski definition) is 5. The smallest absolute Gasteiger partial charge is 0.142 e. The van der Waals surface area contributed by atoms with Crippen LogP contribution in [0.4, 0.5) is 4.39 Å². The van der Waals surface area contributed by atoms with Gasteiger partial charge in [-0.15, -0.1) is 0 Å². The first-order chi connectivity index (χ1) is 15.5. The van der Waals surface area contributed by atoms with Gasteiger partial charge in [0, 0.05) is 60.9 Å². The average molecular weight is 423 g/mol. The molecular formula is C26H22FN5. The Labute approximate surface area is 186 Å². The Kier molecular flexibility index (Phi) is 5.19. The summed E-state index contributed by atoms with van der Waals surface area (Å²) in [4.78, 5) is 19.7. The molecule has 0 amide bonds. The van der Waals surface area contributed by atoms with Gasteiger partial charge in [0.1, 0.15) is 5.82 Å². The Morgan fingerprint density at radius 2 is 1.84 bits per heavy atom. The maximum absolute atomic E-state index is 13.5. The highest BCUT2D eigenvalue weighted by molar-refractivity contribution is 5.66. The normalized spacial score (nSPS) is 12.7. The van der Waals surface area contributed by atoms with Gasteiger partial charge in [0.25, 0.3) is 0 Å². The zero-order valence-corrected chi connectivity index (χ0v) is 18.0. The average Bonchev–Trinajstić information content (AvgIpc) is 2.79. The number of pyridine rings is 4. The lowest BCUT2D eigenvalue weighted by Gasteiger charge is -2.25. The molecule has 4 aromatic heterocycles. The van der Waals surface area contributed by atoms with Crippen LogP contribution in [0.15, 0.2) is 67.5 Å². The van der Waals surface area contributed by atoms with Crippen LogP contribution in [0, 0.1) is 19.7 Å². The Balaban J connectivity index is 1.33. The van der Waals surface area contributed by atoms with Crippen molar-refractivity contribution in [3.8, 4) is 22.5 Å². The van der Waals surface area contributed by atoms with Crippen LogP contribution in [0.2, 0.25) is 0 Å². The zero-order chi connectivity index (χ0) is 22.1. The predicted molar refractivity (Wildman–Crippen MR) is 123 cm³/mol. The van der Waals surface area contributed by atoms with Crippen LogP contribution in [0.1, 0.15) is 27.9 Å². The lowest BCUT2D eigenvalue weighted by Crippen LogP contribution is -2.20. The van der Waals surface area contributed by atoms with E-state index in [9.17, 15) is 4.39 Å². The summed E-state index contributed by atoms with van der Waals surface area (Å²) in [5.41, 5.74) is 8.97. The van der Waals surface area contributed by atoms with E-state index in [4.69, 9.17) is 4.98 Å². The summed E-state index contributed by atoms with van der Waals surface area (Å²) in [7, 11) is 0. The Morgan fingerprint density at radius 1 is 0.938 bits per heavy atom. The van der Waals surface area contributed by atoms with Crippen LogP contribution in [0.5, 0.6) is 0 Å². The molecule has 32 heavy (non-hydrogen) atoms. The van der Waals surface area contributed by atoms with E-state index < -0.39 is 0 Å². The van der Waals surface area contributed by atoms with Crippen molar-refractivity contribution in [2.24, 2.45) is 0 Å². The number of rotatable bonds is 4. The molecule has 5 rings (SSSR count). The van der Waals surface area contributed by atoms with Crippen molar-refractivity contribution >= 4 is 6.08 Å². The number of nitrogens with zero attached hydrogens (tertiary/aromatic N) is 5. The van der Waals surface area contributed by atoms with Crippen molar-refractivity contribution in [2.75, 3.05) is 0 Å². The van der Waals surface area contributed by atoms with Gasteiger partial charge < -0.3 is 4.90 Å². The highest BCUT2D eigenvalue weighted by Gasteiger charge is 2.14. The van der Waals surface area contributed by atoms with E-state index in [0.29, 0.717) is 5.56 Å². The van der Waals surface area contributed by atoms with Gasteiger partial charge in [0.05, 0.1) is 17.6 Å². The number of hydrogen-bond donors (Lipinski definition) is 0. The van der Waals surface area contributed by atoms with Gasteiger partial charge >= 0.3 is 0 Å². The van der Waals surface area contributed by atoms with Gasteiger partial charge in [-0.05, 0) is 66.4 Å². The number of aryl methyl sites for hydroxylation is 2. The largest absolute Gasteiger partial charge is 0.369 e. The van der Waals surface area contributed by atoms with E-state index in [-0.39, 0.29) is 5.82 Å². The zero-order valence-electron chi connectivity index (χ0n) is 18.0. The lowest BCUT2D eigenvalue weighted by atomic mass is 10.0. The van der Waals surface area contributed by atoms with Crippen LogP contribution < -0.4 is 0 Å². The van der Waals surface area contributed by atoms with Crippen molar-refractivity contribution in [3.05, 3.63) is 101 Å². The molecule has 0 spiro atoms. The van der Waals surface area contributed by atoms with Gasteiger partial charge in [-0.3, -0.25) is 19.9 Å². The van der Waals surface area contributed by atoms with Crippen molar-refractivity contribution in [1.82, 2.24) is 24.8 Å². The highest BCUT2D eigenvalue weighted by Crippen LogP contribution is 2.27. The number of aromatic nitrogens is 4. The second-order valence-corrected chi connectivity index (χ2v) is 8.08. The molecule has 5 heterocycles. The Hall–Kier alpha value is -3.93. The van der Waals surface area contributed by atoms with E-state index in [1.165, 1.54) is 12.3 Å². The first kappa shape index (κ1) is 20.0. The van der Waals surface area contributed by atoms with Gasteiger partial charge in [-0.25, -0.2) is 4.39 Å². The van der Waals surface area contributed by atoms with Crippen LogP contribution >= 0.6 is 0 Å². The molecule has 158 valence electrons. The maximum Gasteiger partial charge on any atom is 0.142 e. The molecule has 0 bridgehead atoms. The van der Waals surface area contributed by atoms with Crippen LogP contribution in [0.25, 0.3) is 28.6 Å². The number of fused-ring (bicyclic) bond motifs is 1. The molecule has 1 aliphatic rings. The summed E-state index contributed by atoms with van der Waals surface area (Å²) in [6.07, 6.45) is 12.6. The summed E-state index contributed by atoms with van der Waals surface area (Å²) in [6.45, 7) is 5.59. The third-order valence-electron chi connectivity index (χ3n) is 5.55. The fourth-order valence-electron chi connectivity index (χ4n) is 4.01. The summed E-state index contributed by atoms with van der Waals surface area (Å²) >= 11 is 0. The van der Waals surface area contributed by atoms with E-state index in [0.717, 1.165) is 58.0 Å². The third-order valence-corrected chi connectivity index (χ3v) is 5.55. The van der Waals surface area contributed by atoms with E-state index >= 15 is 0 Å². The van der Waals surface area contributed by atoms with Gasteiger partial charge in [-0.2, -0.15) is 0 Å². The van der Waals surface area contributed by atoms with Crippen molar-refractivity contribution in [3.63, 3.8) is 0 Å². The van der Waals surface area contributed by atoms with Crippen molar-refractivity contribution in [1.29, 1.82) is 0 Å². The standard InChI is InChI=1S/C26H22FN5/c1-17-7-19(11-31-26(17)21-3-5-29-18(2)8-21)15-32-6-4-20-10-25(30-13-23(20)16-32)22-9-24(27)14-28-12-22/h3-14H,15-16H2,1-2H3. The van der Waals surface area contributed by atoms with Gasteiger partial charge in [0.2, 0.25) is 0 Å². The summed E-state index contributed by atoms with van der Waals surface area (Å²) in [5.74, 6) is -0.363. The molecule has 0 saturated carbocycles. The molecule has 0 aromatic carbocycles. The summed E-state index contributed by atoms with van der Waals surface area (Å²) in [5, 5.41) is 0. The van der Waals surface area contributed by atoms with Gasteiger partial charge in [-0.1, -0.05) is 6.07 Å². The molecular weight excluding hydrogens is 401 g/mol.